The number of ether oxygens (including phenoxy) is 1. The highest BCUT2D eigenvalue weighted by atomic mass is 35.5. The zero-order valence-corrected chi connectivity index (χ0v) is 8.05. The standard InChI is InChI=1S/C9H9ClO3/c1-5-3-7(10)8(12)6(4-11)9(5)13-2/h3-4,12H,1-2H3. The number of methoxy groups -OCH3 is 1. The fourth-order valence-electron chi connectivity index (χ4n) is 1.15. The molecule has 0 radical (unpaired) electrons. The van der Waals surface area contributed by atoms with Gasteiger partial charge in [0, 0.05) is 0 Å². The molecule has 0 aromatic heterocycles. The van der Waals surface area contributed by atoms with Crippen LogP contribution in [-0.2, 0) is 0 Å². The molecule has 1 N–H and O–H groups in total. The summed E-state index contributed by atoms with van der Waals surface area (Å²) in [6.45, 7) is 1.75. The summed E-state index contributed by atoms with van der Waals surface area (Å²) in [5.41, 5.74) is 0.805. The molecule has 1 rings (SSSR count). The first kappa shape index (κ1) is 9.86. The Hall–Kier alpha value is -1.22. The van der Waals surface area contributed by atoms with Crippen LogP contribution in [0.1, 0.15) is 15.9 Å². The molecule has 0 amide bonds. The van der Waals surface area contributed by atoms with Gasteiger partial charge in [0.25, 0.3) is 0 Å². The number of aryl methyl sites for hydroxylation is 1. The molecule has 0 unspecified atom stereocenters. The van der Waals surface area contributed by atoms with E-state index in [1.165, 1.54) is 7.11 Å². The Morgan fingerprint density at radius 3 is 2.69 bits per heavy atom. The third-order valence-electron chi connectivity index (χ3n) is 1.75. The molecule has 1 aromatic rings. The second-order valence-corrected chi connectivity index (χ2v) is 3.00. The number of benzene rings is 1. The lowest BCUT2D eigenvalue weighted by Crippen LogP contribution is -1.94. The maximum atomic E-state index is 10.6. The summed E-state index contributed by atoms with van der Waals surface area (Å²) in [6.07, 6.45) is 0.521. The van der Waals surface area contributed by atoms with Gasteiger partial charge in [0.1, 0.15) is 11.5 Å². The van der Waals surface area contributed by atoms with E-state index in [-0.39, 0.29) is 16.3 Å². The Morgan fingerprint density at radius 1 is 1.62 bits per heavy atom. The zero-order valence-electron chi connectivity index (χ0n) is 7.30. The van der Waals surface area contributed by atoms with Crippen molar-refractivity contribution in [2.24, 2.45) is 0 Å². The highest BCUT2D eigenvalue weighted by molar-refractivity contribution is 6.32. The number of phenolic OH excluding ortho intramolecular Hbond substituents is 1. The van der Waals surface area contributed by atoms with Crippen LogP contribution < -0.4 is 4.74 Å². The highest BCUT2D eigenvalue weighted by Gasteiger charge is 2.14. The summed E-state index contributed by atoms with van der Waals surface area (Å²) in [7, 11) is 1.43. The first-order valence-electron chi connectivity index (χ1n) is 3.63. The quantitative estimate of drug-likeness (QED) is 0.745. The molecule has 0 saturated heterocycles. The zero-order chi connectivity index (χ0) is 10.0. The molecule has 0 aliphatic carbocycles. The molecule has 3 nitrogen and oxygen atoms in total. The molecule has 0 saturated carbocycles. The minimum absolute atomic E-state index is 0.0903. The van der Waals surface area contributed by atoms with Crippen LogP contribution in [0.2, 0.25) is 5.02 Å². The Kier molecular flexibility index (Phi) is 2.78. The first-order chi connectivity index (χ1) is 6.11. The van der Waals surface area contributed by atoms with Crippen LogP contribution in [-0.4, -0.2) is 18.5 Å². The number of hydrogen-bond donors (Lipinski definition) is 1. The van der Waals surface area contributed by atoms with Gasteiger partial charge in [-0.15, -0.1) is 0 Å². The second-order valence-electron chi connectivity index (χ2n) is 2.59. The average molecular weight is 201 g/mol. The highest BCUT2D eigenvalue weighted by Crippen LogP contribution is 2.35. The van der Waals surface area contributed by atoms with Crippen molar-refractivity contribution < 1.29 is 14.6 Å². The maximum Gasteiger partial charge on any atom is 0.157 e. The Balaban J connectivity index is 3.50. The van der Waals surface area contributed by atoms with Gasteiger partial charge >= 0.3 is 0 Å². The van der Waals surface area contributed by atoms with Crippen molar-refractivity contribution >= 4 is 17.9 Å². The summed E-state index contributed by atoms with van der Waals surface area (Å²) in [4.78, 5) is 10.6. The third-order valence-corrected chi connectivity index (χ3v) is 2.04. The molecule has 70 valence electrons. The van der Waals surface area contributed by atoms with E-state index in [1.807, 2.05) is 0 Å². The lowest BCUT2D eigenvalue weighted by molar-refractivity contribution is 0.111. The molecule has 0 spiro atoms. The molecule has 13 heavy (non-hydrogen) atoms. The average Bonchev–Trinajstić information content (AvgIpc) is 2.10. The van der Waals surface area contributed by atoms with Crippen LogP contribution in [0.4, 0.5) is 0 Å². The van der Waals surface area contributed by atoms with E-state index in [0.29, 0.717) is 17.6 Å². The van der Waals surface area contributed by atoms with Crippen molar-refractivity contribution in [3.05, 3.63) is 22.2 Å². The van der Waals surface area contributed by atoms with Crippen molar-refractivity contribution in [3.8, 4) is 11.5 Å². The van der Waals surface area contributed by atoms with Crippen LogP contribution in [0.5, 0.6) is 11.5 Å². The number of carbonyl (C=O) groups excluding carboxylic acids is 1. The summed E-state index contributed by atoms with van der Waals surface area (Å²) < 4.78 is 4.95. The molecule has 1 aromatic carbocycles. The molecule has 4 heteroatoms. The summed E-state index contributed by atoms with van der Waals surface area (Å²) in [6, 6.07) is 1.54. The number of aromatic hydroxyl groups is 1. The monoisotopic (exact) mass is 200 g/mol. The van der Waals surface area contributed by atoms with Gasteiger partial charge in [0.05, 0.1) is 17.7 Å². The van der Waals surface area contributed by atoms with Crippen LogP contribution in [0, 0.1) is 6.92 Å². The molecule has 0 fully saturated rings. The van der Waals surface area contributed by atoms with Crippen molar-refractivity contribution in [1.29, 1.82) is 0 Å². The van der Waals surface area contributed by atoms with Crippen LogP contribution >= 0.6 is 11.6 Å². The van der Waals surface area contributed by atoms with E-state index in [9.17, 15) is 9.90 Å². The minimum atomic E-state index is -0.237. The fourth-order valence-corrected chi connectivity index (χ4v) is 1.42. The molecular weight excluding hydrogens is 192 g/mol. The topological polar surface area (TPSA) is 46.5 Å². The van der Waals surface area contributed by atoms with Gasteiger partial charge in [-0.05, 0) is 18.6 Å². The lowest BCUT2D eigenvalue weighted by atomic mass is 10.1. The maximum absolute atomic E-state index is 10.6. The summed E-state index contributed by atoms with van der Waals surface area (Å²) in [5, 5.41) is 9.54. The molecule has 0 bridgehead atoms. The number of carbonyl (C=O) groups is 1. The van der Waals surface area contributed by atoms with Crippen molar-refractivity contribution in [1.82, 2.24) is 0 Å². The van der Waals surface area contributed by atoms with E-state index < -0.39 is 0 Å². The van der Waals surface area contributed by atoms with E-state index >= 15 is 0 Å². The van der Waals surface area contributed by atoms with Crippen LogP contribution in [0.3, 0.4) is 0 Å². The lowest BCUT2D eigenvalue weighted by Gasteiger charge is -2.09. The molecule has 0 aliphatic heterocycles. The number of hydrogen-bond acceptors (Lipinski definition) is 3. The molecule has 0 heterocycles. The van der Waals surface area contributed by atoms with Crippen LogP contribution in [0.15, 0.2) is 6.07 Å². The Morgan fingerprint density at radius 2 is 2.23 bits per heavy atom. The Labute approximate surface area is 80.9 Å². The van der Waals surface area contributed by atoms with Gasteiger partial charge in [0.15, 0.2) is 6.29 Å². The van der Waals surface area contributed by atoms with E-state index in [0.717, 1.165) is 0 Å². The van der Waals surface area contributed by atoms with Crippen molar-refractivity contribution in [2.45, 2.75) is 6.92 Å². The molecule has 0 atom stereocenters. The van der Waals surface area contributed by atoms with E-state index in [2.05, 4.69) is 0 Å². The predicted molar refractivity (Wildman–Crippen MR) is 49.8 cm³/mol. The number of aldehydes is 1. The smallest absolute Gasteiger partial charge is 0.157 e. The van der Waals surface area contributed by atoms with Gasteiger partial charge in [-0.2, -0.15) is 0 Å². The molecular formula is C9H9ClO3. The second kappa shape index (κ2) is 3.66. The largest absolute Gasteiger partial charge is 0.505 e. The van der Waals surface area contributed by atoms with Gasteiger partial charge in [-0.1, -0.05) is 11.6 Å². The SMILES string of the molecule is COc1c(C)cc(Cl)c(O)c1C=O. The van der Waals surface area contributed by atoms with Gasteiger partial charge < -0.3 is 9.84 Å². The Bertz CT molecular complexity index is 347. The van der Waals surface area contributed by atoms with Crippen molar-refractivity contribution in [3.63, 3.8) is 0 Å². The van der Waals surface area contributed by atoms with Gasteiger partial charge in [-0.3, -0.25) is 4.79 Å². The van der Waals surface area contributed by atoms with E-state index in [1.54, 1.807) is 13.0 Å². The number of rotatable bonds is 2. The van der Waals surface area contributed by atoms with Gasteiger partial charge in [0.2, 0.25) is 0 Å². The number of phenols is 1. The van der Waals surface area contributed by atoms with Crippen LogP contribution in [0.25, 0.3) is 0 Å². The normalized spacial score (nSPS) is 9.77. The summed E-state index contributed by atoms with van der Waals surface area (Å²) >= 11 is 5.66. The van der Waals surface area contributed by atoms with Crippen molar-refractivity contribution in [2.75, 3.05) is 7.11 Å². The number of halogens is 1. The molecule has 0 aliphatic rings. The van der Waals surface area contributed by atoms with E-state index in [4.69, 9.17) is 16.3 Å². The predicted octanol–water partition coefficient (Wildman–Crippen LogP) is 2.18. The summed E-state index contributed by atoms with van der Waals surface area (Å²) in [5.74, 6) is 0.121. The minimum Gasteiger partial charge on any atom is -0.505 e. The fraction of sp³-hybridized carbons (Fsp3) is 0.222. The van der Waals surface area contributed by atoms with Gasteiger partial charge in [-0.25, -0.2) is 0 Å². The first-order valence-corrected chi connectivity index (χ1v) is 4.00. The third kappa shape index (κ3) is 1.60.